The van der Waals surface area contributed by atoms with E-state index >= 15 is 0 Å². The number of ether oxygens (including phenoxy) is 1. The Bertz CT molecular complexity index is 558. The number of rotatable bonds is 11. The molecule has 166 valence electrons. The van der Waals surface area contributed by atoms with Gasteiger partial charge in [-0.25, -0.2) is 0 Å². The van der Waals surface area contributed by atoms with Gasteiger partial charge in [-0.2, -0.15) is 0 Å². The van der Waals surface area contributed by atoms with Crippen LogP contribution in [0.4, 0.5) is 0 Å². The van der Waals surface area contributed by atoms with Crippen LogP contribution < -0.4 is 5.32 Å². The molecular weight excluding hydrogens is 374 g/mol. The van der Waals surface area contributed by atoms with Crippen LogP contribution in [-0.2, 0) is 19.1 Å². The Morgan fingerprint density at radius 2 is 1.86 bits per heavy atom. The molecule has 2 fully saturated rings. The van der Waals surface area contributed by atoms with E-state index in [9.17, 15) is 19.5 Å². The molecule has 0 aliphatic heterocycles. The van der Waals surface area contributed by atoms with Crippen LogP contribution in [0.1, 0.15) is 84.0 Å². The topological polar surface area (TPSA) is 113 Å². The Balaban J connectivity index is 2.00. The van der Waals surface area contributed by atoms with Gasteiger partial charge in [-0.05, 0) is 58.3 Å². The zero-order valence-electron chi connectivity index (χ0n) is 17.7. The van der Waals surface area contributed by atoms with E-state index in [1.807, 2.05) is 0 Å². The van der Waals surface area contributed by atoms with Gasteiger partial charge in [0.2, 0.25) is 5.91 Å². The van der Waals surface area contributed by atoms with Gasteiger partial charge < -0.3 is 20.3 Å². The van der Waals surface area contributed by atoms with Crippen molar-refractivity contribution in [2.45, 2.75) is 90.0 Å². The van der Waals surface area contributed by atoms with E-state index in [4.69, 9.17) is 9.84 Å². The molecule has 0 aromatic rings. The molecule has 29 heavy (non-hydrogen) atoms. The van der Waals surface area contributed by atoms with Crippen LogP contribution in [-0.4, -0.2) is 47.3 Å². The predicted octanol–water partition coefficient (Wildman–Crippen LogP) is 3.04. The number of nitrogens with one attached hydrogen (secondary N) is 1. The first-order valence-corrected chi connectivity index (χ1v) is 11.2. The number of aliphatic hydroxyl groups is 1. The zero-order chi connectivity index (χ0) is 21.3. The number of aliphatic carboxylic acids is 1. The SMILES string of the molecule is CCOC(=O)C1CCCC(NC(=O)C2(CC(CCCCO)C(=O)O)CCCC2)C1. The maximum Gasteiger partial charge on any atom is 0.308 e. The lowest BCUT2D eigenvalue weighted by atomic mass is 9.75. The van der Waals surface area contributed by atoms with Gasteiger partial charge in [-0.3, -0.25) is 14.4 Å². The van der Waals surface area contributed by atoms with E-state index in [-0.39, 0.29) is 30.4 Å². The fourth-order valence-corrected chi connectivity index (χ4v) is 5.00. The molecule has 3 atom stereocenters. The fourth-order valence-electron chi connectivity index (χ4n) is 5.00. The lowest BCUT2D eigenvalue weighted by Gasteiger charge is -2.35. The molecule has 1 amide bonds. The van der Waals surface area contributed by atoms with Crippen LogP contribution in [0.25, 0.3) is 0 Å². The molecule has 2 aliphatic carbocycles. The molecule has 2 aliphatic rings. The number of hydrogen-bond donors (Lipinski definition) is 3. The monoisotopic (exact) mass is 411 g/mol. The summed E-state index contributed by atoms with van der Waals surface area (Å²) in [6.07, 6.45) is 8.49. The highest BCUT2D eigenvalue weighted by atomic mass is 16.5. The molecule has 0 aromatic heterocycles. The zero-order valence-corrected chi connectivity index (χ0v) is 17.7. The number of carboxylic acid groups (broad SMARTS) is 1. The molecule has 0 radical (unpaired) electrons. The van der Waals surface area contributed by atoms with Gasteiger partial charge in [0, 0.05) is 12.6 Å². The molecule has 0 spiro atoms. The predicted molar refractivity (Wildman–Crippen MR) is 108 cm³/mol. The van der Waals surface area contributed by atoms with E-state index in [0.29, 0.717) is 38.7 Å². The Hall–Kier alpha value is -1.63. The molecule has 3 unspecified atom stereocenters. The summed E-state index contributed by atoms with van der Waals surface area (Å²) in [5.41, 5.74) is -0.626. The smallest absolute Gasteiger partial charge is 0.308 e. The largest absolute Gasteiger partial charge is 0.481 e. The van der Waals surface area contributed by atoms with Gasteiger partial charge in [-0.15, -0.1) is 0 Å². The van der Waals surface area contributed by atoms with Crippen molar-refractivity contribution < 1.29 is 29.3 Å². The first-order valence-electron chi connectivity index (χ1n) is 11.2. The van der Waals surface area contributed by atoms with Crippen molar-refractivity contribution in [3.63, 3.8) is 0 Å². The molecule has 2 rings (SSSR count). The number of hydrogen-bond acceptors (Lipinski definition) is 5. The van der Waals surface area contributed by atoms with Gasteiger partial charge in [0.1, 0.15) is 0 Å². The van der Waals surface area contributed by atoms with Crippen molar-refractivity contribution in [1.82, 2.24) is 5.32 Å². The normalized spacial score (nSPS) is 24.6. The third kappa shape index (κ3) is 6.69. The number of carboxylic acids is 1. The molecule has 7 nitrogen and oxygen atoms in total. The molecular formula is C22H37NO6. The van der Waals surface area contributed by atoms with Crippen LogP contribution in [0.2, 0.25) is 0 Å². The first-order chi connectivity index (χ1) is 13.9. The quantitative estimate of drug-likeness (QED) is 0.356. The second-order valence-corrected chi connectivity index (χ2v) is 8.73. The third-order valence-corrected chi connectivity index (χ3v) is 6.62. The van der Waals surface area contributed by atoms with Crippen molar-refractivity contribution in [3.05, 3.63) is 0 Å². The second kappa shape index (κ2) is 11.5. The maximum absolute atomic E-state index is 13.3. The van der Waals surface area contributed by atoms with E-state index in [1.165, 1.54) is 0 Å². The van der Waals surface area contributed by atoms with Gasteiger partial charge in [0.15, 0.2) is 0 Å². The minimum Gasteiger partial charge on any atom is -0.481 e. The summed E-state index contributed by atoms with van der Waals surface area (Å²) in [4.78, 5) is 37.1. The number of carbonyl (C=O) groups excluding carboxylic acids is 2. The van der Waals surface area contributed by atoms with Crippen molar-refractivity contribution >= 4 is 17.8 Å². The summed E-state index contributed by atoms with van der Waals surface area (Å²) in [5, 5.41) is 21.8. The summed E-state index contributed by atoms with van der Waals surface area (Å²) < 4.78 is 5.15. The van der Waals surface area contributed by atoms with E-state index < -0.39 is 17.3 Å². The van der Waals surface area contributed by atoms with Crippen LogP contribution in [0.5, 0.6) is 0 Å². The van der Waals surface area contributed by atoms with E-state index in [2.05, 4.69) is 5.32 Å². The van der Waals surface area contributed by atoms with Crippen molar-refractivity contribution in [1.29, 1.82) is 0 Å². The minimum atomic E-state index is -0.859. The number of esters is 1. The van der Waals surface area contributed by atoms with E-state index in [0.717, 1.165) is 44.9 Å². The first kappa shape index (κ1) is 23.6. The van der Waals surface area contributed by atoms with Crippen molar-refractivity contribution in [2.24, 2.45) is 17.3 Å². The number of unbranched alkanes of at least 4 members (excludes halogenated alkanes) is 1. The van der Waals surface area contributed by atoms with Crippen molar-refractivity contribution in [2.75, 3.05) is 13.2 Å². The van der Waals surface area contributed by atoms with E-state index in [1.54, 1.807) is 6.92 Å². The van der Waals surface area contributed by atoms with Gasteiger partial charge in [0.05, 0.1) is 23.9 Å². The summed E-state index contributed by atoms with van der Waals surface area (Å²) >= 11 is 0. The Labute approximate surface area is 173 Å². The van der Waals surface area contributed by atoms with Gasteiger partial charge >= 0.3 is 11.9 Å². The van der Waals surface area contributed by atoms with Gasteiger partial charge in [0.25, 0.3) is 0 Å². The second-order valence-electron chi connectivity index (χ2n) is 8.73. The lowest BCUT2D eigenvalue weighted by molar-refractivity contribution is -0.150. The molecule has 2 saturated carbocycles. The van der Waals surface area contributed by atoms with Crippen LogP contribution in [0, 0.1) is 17.3 Å². The van der Waals surface area contributed by atoms with Gasteiger partial charge in [-0.1, -0.05) is 25.7 Å². The highest BCUT2D eigenvalue weighted by Crippen LogP contribution is 2.44. The molecule has 0 heterocycles. The fraction of sp³-hybridized carbons (Fsp3) is 0.864. The highest BCUT2D eigenvalue weighted by molar-refractivity contribution is 5.84. The van der Waals surface area contributed by atoms with Crippen LogP contribution in [0.15, 0.2) is 0 Å². The summed E-state index contributed by atoms with van der Waals surface area (Å²) in [6, 6.07) is -0.0548. The number of carbonyl (C=O) groups is 3. The molecule has 0 saturated heterocycles. The molecule has 3 N–H and O–H groups in total. The Morgan fingerprint density at radius 3 is 2.48 bits per heavy atom. The standard InChI is InChI=1S/C22H37NO6/c1-2-29-20(27)16-9-7-10-18(14-16)23-21(28)22(11-4-5-12-22)15-17(19(25)26)8-3-6-13-24/h16-18,24H,2-15H2,1H3,(H,23,28)(H,25,26). The number of amides is 1. The van der Waals surface area contributed by atoms with Crippen LogP contribution >= 0.6 is 0 Å². The van der Waals surface area contributed by atoms with Crippen molar-refractivity contribution in [3.8, 4) is 0 Å². The van der Waals surface area contributed by atoms with Crippen LogP contribution in [0.3, 0.4) is 0 Å². The third-order valence-electron chi connectivity index (χ3n) is 6.62. The average Bonchev–Trinajstić information content (AvgIpc) is 3.17. The molecule has 0 bridgehead atoms. The highest BCUT2D eigenvalue weighted by Gasteiger charge is 2.45. The Kier molecular flexibility index (Phi) is 9.40. The molecule has 0 aromatic carbocycles. The maximum atomic E-state index is 13.3. The average molecular weight is 412 g/mol. The Morgan fingerprint density at radius 1 is 1.14 bits per heavy atom. The number of aliphatic hydroxyl groups excluding tert-OH is 1. The lowest BCUT2D eigenvalue weighted by Crippen LogP contribution is -2.47. The summed E-state index contributed by atoms with van der Waals surface area (Å²) in [7, 11) is 0. The summed E-state index contributed by atoms with van der Waals surface area (Å²) in [5.74, 6) is -1.82. The molecule has 7 heteroatoms. The summed E-state index contributed by atoms with van der Waals surface area (Å²) in [6.45, 7) is 2.22. The minimum absolute atomic E-state index is 0.0436.